The molecule has 25 heavy (non-hydrogen) atoms. The van der Waals surface area contributed by atoms with Crippen LogP contribution in [0.25, 0.3) is 0 Å². The molecule has 0 aliphatic carbocycles. The van der Waals surface area contributed by atoms with Crippen LogP contribution < -0.4 is 10.1 Å². The van der Waals surface area contributed by atoms with Crippen molar-refractivity contribution in [2.24, 2.45) is 0 Å². The SMILES string of the molecule is O=C(Nc1ccccc1F)[C@@H]1C[C@@H](O)CN1C(=O)Oc1ccccc1. The highest BCUT2D eigenvalue weighted by molar-refractivity contribution is 5.97. The number of hydrogen-bond acceptors (Lipinski definition) is 4. The van der Waals surface area contributed by atoms with Gasteiger partial charge in [-0.1, -0.05) is 30.3 Å². The van der Waals surface area contributed by atoms with Gasteiger partial charge in [0.25, 0.3) is 0 Å². The Labute approximate surface area is 143 Å². The van der Waals surface area contributed by atoms with Crippen molar-refractivity contribution in [3.05, 3.63) is 60.4 Å². The topological polar surface area (TPSA) is 78.9 Å². The number of ether oxygens (including phenoxy) is 1. The van der Waals surface area contributed by atoms with Crippen LogP contribution in [0.2, 0.25) is 0 Å². The maximum atomic E-state index is 13.7. The van der Waals surface area contributed by atoms with E-state index in [1.54, 1.807) is 36.4 Å². The molecular weight excluding hydrogens is 327 g/mol. The predicted octanol–water partition coefficient (Wildman–Crippen LogP) is 2.40. The summed E-state index contributed by atoms with van der Waals surface area (Å²) in [4.78, 5) is 25.9. The highest BCUT2D eigenvalue weighted by Gasteiger charge is 2.40. The van der Waals surface area contributed by atoms with E-state index in [4.69, 9.17) is 4.74 Å². The zero-order valence-corrected chi connectivity index (χ0v) is 13.3. The standard InChI is InChI=1S/C18H17FN2O4/c19-14-8-4-5-9-15(14)20-17(23)16-10-12(22)11-21(16)18(24)25-13-6-2-1-3-7-13/h1-9,12,16,22H,10-11H2,(H,20,23)/t12-,16+/m1/s1. The van der Waals surface area contributed by atoms with Crippen LogP contribution >= 0.6 is 0 Å². The minimum Gasteiger partial charge on any atom is -0.410 e. The molecular formula is C18H17FN2O4. The number of aliphatic hydroxyl groups is 1. The number of amides is 2. The number of aliphatic hydroxyl groups excluding tert-OH is 1. The van der Waals surface area contributed by atoms with Crippen molar-refractivity contribution < 1.29 is 23.8 Å². The monoisotopic (exact) mass is 344 g/mol. The van der Waals surface area contributed by atoms with Crippen LogP contribution in [-0.4, -0.2) is 40.7 Å². The Bertz CT molecular complexity index is 769. The van der Waals surface area contributed by atoms with Gasteiger partial charge in [0.1, 0.15) is 17.6 Å². The van der Waals surface area contributed by atoms with Crippen molar-refractivity contribution in [1.29, 1.82) is 0 Å². The molecule has 1 aliphatic rings. The molecule has 7 heteroatoms. The van der Waals surface area contributed by atoms with Crippen LogP contribution in [0.15, 0.2) is 54.6 Å². The van der Waals surface area contributed by atoms with Crippen molar-refractivity contribution in [1.82, 2.24) is 4.90 Å². The molecule has 1 heterocycles. The quantitative estimate of drug-likeness (QED) is 0.896. The van der Waals surface area contributed by atoms with Gasteiger partial charge in [0.2, 0.25) is 5.91 Å². The predicted molar refractivity (Wildman–Crippen MR) is 88.6 cm³/mol. The van der Waals surface area contributed by atoms with Gasteiger partial charge < -0.3 is 15.2 Å². The summed E-state index contributed by atoms with van der Waals surface area (Å²) in [5, 5.41) is 12.3. The molecule has 0 radical (unpaired) electrons. The number of carbonyl (C=O) groups is 2. The normalized spacial score (nSPS) is 19.5. The average Bonchev–Trinajstić information content (AvgIpc) is 3.00. The second-order valence-electron chi connectivity index (χ2n) is 5.71. The number of likely N-dealkylation sites (tertiary alicyclic amines) is 1. The first-order valence-corrected chi connectivity index (χ1v) is 7.81. The number of benzene rings is 2. The van der Waals surface area contributed by atoms with E-state index < -0.39 is 30.0 Å². The van der Waals surface area contributed by atoms with Crippen molar-refractivity contribution in [3.63, 3.8) is 0 Å². The molecule has 0 spiro atoms. The smallest absolute Gasteiger partial charge is 0.410 e. The van der Waals surface area contributed by atoms with Gasteiger partial charge in [-0.3, -0.25) is 9.69 Å². The number of halogens is 1. The Morgan fingerprint density at radius 1 is 1.12 bits per heavy atom. The zero-order valence-electron chi connectivity index (χ0n) is 13.3. The maximum absolute atomic E-state index is 13.7. The van der Waals surface area contributed by atoms with E-state index in [1.165, 1.54) is 18.2 Å². The third-order valence-corrected chi connectivity index (χ3v) is 3.90. The molecule has 1 fully saturated rings. The van der Waals surface area contributed by atoms with E-state index in [1.807, 2.05) is 0 Å². The second-order valence-corrected chi connectivity index (χ2v) is 5.71. The minimum atomic E-state index is -0.939. The first kappa shape index (κ1) is 16.9. The van der Waals surface area contributed by atoms with Crippen LogP contribution in [0.3, 0.4) is 0 Å². The van der Waals surface area contributed by atoms with Crippen molar-refractivity contribution in [2.45, 2.75) is 18.6 Å². The molecule has 0 aromatic heterocycles. The van der Waals surface area contributed by atoms with Crippen LogP contribution in [-0.2, 0) is 4.79 Å². The molecule has 2 aromatic carbocycles. The largest absolute Gasteiger partial charge is 0.416 e. The highest BCUT2D eigenvalue weighted by atomic mass is 19.1. The van der Waals surface area contributed by atoms with Gasteiger partial charge in [-0.25, -0.2) is 9.18 Å². The lowest BCUT2D eigenvalue weighted by Gasteiger charge is -2.23. The van der Waals surface area contributed by atoms with Crippen molar-refractivity contribution >= 4 is 17.7 Å². The van der Waals surface area contributed by atoms with E-state index in [-0.39, 0.29) is 18.7 Å². The van der Waals surface area contributed by atoms with Crippen LogP contribution in [0, 0.1) is 5.82 Å². The van der Waals surface area contributed by atoms with Gasteiger partial charge in [0, 0.05) is 6.42 Å². The summed E-state index contributed by atoms with van der Waals surface area (Å²) in [6, 6.07) is 13.2. The number of anilines is 1. The van der Waals surface area contributed by atoms with E-state index in [2.05, 4.69) is 5.32 Å². The van der Waals surface area contributed by atoms with Gasteiger partial charge >= 0.3 is 6.09 Å². The Hall–Kier alpha value is -2.93. The van der Waals surface area contributed by atoms with Gasteiger partial charge in [-0.05, 0) is 24.3 Å². The molecule has 0 bridgehead atoms. The summed E-state index contributed by atoms with van der Waals surface area (Å²) in [6.07, 6.45) is -1.53. The lowest BCUT2D eigenvalue weighted by Crippen LogP contribution is -2.44. The summed E-state index contributed by atoms with van der Waals surface area (Å²) in [7, 11) is 0. The van der Waals surface area contributed by atoms with Crippen molar-refractivity contribution in [3.8, 4) is 5.75 Å². The Balaban J connectivity index is 1.71. The van der Waals surface area contributed by atoms with Gasteiger partial charge in [-0.15, -0.1) is 0 Å². The minimum absolute atomic E-state index is 0.0188. The molecule has 1 aliphatic heterocycles. The van der Waals surface area contributed by atoms with E-state index >= 15 is 0 Å². The Morgan fingerprint density at radius 2 is 1.80 bits per heavy atom. The third kappa shape index (κ3) is 3.95. The fourth-order valence-corrected chi connectivity index (χ4v) is 2.69. The highest BCUT2D eigenvalue weighted by Crippen LogP contribution is 2.22. The summed E-state index contributed by atoms with van der Waals surface area (Å²) >= 11 is 0. The molecule has 6 nitrogen and oxygen atoms in total. The van der Waals surface area contributed by atoms with Gasteiger partial charge in [0.15, 0.2) is 0 Å². The summed E-state index contributed by atoms with van der Waals surface area (Å²) in [5.41, 5.74) is 0.0188. The molecule has 2 aromatic rings. The first-order chi connectivity index (χ1) is 12.0. The number of para-hydroxylation sites is 2. The summed E-state index contributed by atoms with van der Waals surface area (Å²) < 4.78 is 18.9. The number of nitrogens with zero attached hydrogens (tertiary/aromatic N) is 1. The lowest BCUT2D eigenvalue weighted by molar-refractivity contribution is -0.119. The molecule has 0 saturated carbocycles. The lowest BCUT2D eigenvalue weighted by atomic mass is 10.2. The third-order valence-electron chi connectivity index (χ3n) is 3.90. The van der Waals surface area contributed by atoms with Crippen LogP contribution in [0.1, 0.15) is 6.42 Å². The van der Waals surface area contributed by atoms with Crippen LogP contribution in [0.4, 0.5) is 14.9 Å². The summed E-state index contributed by atoms with van der Waals surface area (Å²) in [5.74, 6) is -0.818. The Kier molecular flexibility index (Phi) is 4.95. The van der Waals surface area contributed by atoms with Crippen LogP contribution in [0.5, 0.6) is 5.75 Å². The fourth-order valence-electron chi connectivity index (χ4n) is 2.69. The number of nitrogens with one attached hydrogen (secondary N) is 1. The fraction of sp³-hybridized carbons (Fsp3) is 0.222. The number of carbonyl (C=O) groups excluding carboxylic acids is 2. The summed E-state index contributed by atoms with van der Waals surface area (Å²) in [6.45, 7) is -0.0268. The second kappa shape index (κ2) is 7.31. The Morgan fingerprint density at radius 3 is 2.52 bits per heavy atom. The van der Waals surface area contributed by atoms with E-state index in [0.717, 1.165) is 4.90 Å². The molecule has 2 amide bonds. The first-order valence-electron chi connectivity index (χ1n) is 7.81. The van der Waals surface area contributed by atoms with Gasteiger partial charge in [-0.2, -0.15) is 0 Å². The molecule has 3 rings (SSSR count). The molecule has 130 valence electrons. The van der Waals surface area contributed by atoms with Gasteiger partial charge in [0.05, 0.1) is 18.3 Å². The number of β-amino-alcohol motifs (C(OH)–C–C–N with tert-alkyl or cyclic N) is 1. The molecule has 2 atom stereocenters. The number of rotatable bonds is 3. The molecule has 1 saturated heterocycles. The number of hydrogen-bond donors (Lipinski definition) is 2. The van der Waals surface area contributed by atoms with E-state index in [9.17, 15) is 19.1 Å². The average molecular weight is 344 g/mol. The zero-order chi connectivity index (χ0) is 17.8. The molecule has 2 N–H and O–H groups in total. The maximum Gasteiger partial charge on any atom is 0.416 e. The van der Waals surface area contributed by atoms with Crippen molar-refractivity contribution in [2.75, 3.05) is 11.9 Å². The van der Waals surface area contributed by atoms with E-state index in [0.29, 0.717) is 5.75 Å². The molecule has 0 unspecified atom stereocenters.